The predicted octanol–water partition coefficient (Wildman–Crippen LogP) is 8.04. The van der Waals surface area contributed by atoms with E-state index in [4.69, 9.17) is 9.79 Å². The van der Waals surface area contributed by atoms with Gasteiger partial charge >= 0.3 is 0 Å². The topological polar surface area (TPSA) is 40.5 Å². The summed E-state index contributed by atoms with van der Waals surface area (Å²) in [5.41, 5.74) is 6.69. The fraction of sp³-hybridized carbons (Fsp3) is 0.571. The molecular formula is C28H47O2P. The van der Waals surface area contributed by atoms with E-state index in [-0.39, 0.29) is 21.7 Å². The van der Waals surface area contributed by atoms with Crippen molar-refractivity contribution in [1.82, 2.24) is 0 Å². The zero-order valence-corrected chi connectivity index (χ0v) is 23.0. The number of benzene rings is 2. The third kappa shape index (κ3) is 11.3. The number of hydrogen-bond acceptors (Lipinski definition) is 2. The monoisotopic (exact) mass is 446 g/mol. The van der Waals surface area contributed by atoms with Crippen LogP contribution in [0.1, 0.15) is 105 Å². The third-order valence-electron chi connectivity index (χ3n) is 5.19. The molecule has 2 nitrogen and oxygen atoms in total. The zero-order chi connectivity index (χ0) is 24.7. The van der Waals surface area contributed by atoms with E-state index in [0.29, 0.717) is 0 Å². The molecule has 0 atom stereocenters. The van der Waals surface area contributed by atoms with Crippen LogP contribution in [-0.2, 0) is 21.7 Å². The summed E-state index contributed by atoms with van der Waals surface area (Å²) in [4.78, 5) is 14.3. The molecule has 2 aromatic carbocycles. The molecule has 0 radical (unpaired) electrons. The van der Waals surface area contributed by atoms with Crippen molar-refractivity contribution < 1.29 is 9.79 Å². The van der Waals surface area contributed by atoms with Crippen LogP contribution in [0.15, 0.2) is 48.5 Å². The van der Waals surface area contributed by atoms with E-state index in [0.717, 1.165) is 0 Å². The number of hydrogen-bond donors (Lipinski definition) is 2. The molecule has 0 amide bonds. The molecule has 0 saturated heterocycles. The molecule has 0 fully saturated rings. The lowest BCUT2D eigenvalue weighted by Crippen LogP contribution is -2.15. The van der Waals surface area contributed by atoms with Gasteiger partial charge in [0, 0.05) is 0 Å². The van der Waals surface area contributed by atoms with Gasteiger partial charge in [0.15, 0.2) is 0 Å². The van der Waals surface area contributed by atoms with Crippen molar-refractivity contribution in [3.05, 3.63) is 70.8 Å². The molecule has 3 heteroatoms. The standard InChI is InChI=1S/2C14H22.H3O2P/c2*1-13(2,3)11-8-7-9-12(10-11)14(4,5)6;1-3-2/h2*7-10H,1-6H3;1-3H. The Balaban J connectivity index is 0.000000516. The van der Waals surface area contributed by atoms with Gasteiger partial charge in [-0.1, -0.05) is 132 Å². The molecule has 0 spiro atoms. The van der Waals surface area contributed by atoms with Crippen LogP contribution in [-0.4, -0.2) is 9.79 Å². The van der Waals surface area contributed by atoms with E-state index in [9.17, 15) is 0 Å². The van der Waals surface area contributed by atoms with E-state index in [1.54, 1.807) is 0 Å². The van der Waals surface area contributed by atoms with Crippen molar-refractivity contribution in [2.24, 2.45) is 0 Å². The van der Waals surface area contributed by atoms with Crippen LogP contribution in [0, 0.1) is 0 Å². The van der Waals surface area contributed by atoms with Crippen molar-refractivity contribution in [2.75, 3.05) is 0 Å². The van der Waals surface area contributed by atoms with Crippen molar-refractivity contribution in [1.29, 1.82) is 0 Å². The van der Waals surface area contributed by atoms with Crippen LogP contribution < -0.4 is 0 Å². The smallest absolute Gasteiger partial charge is 0.149 e. The number of rotatable bonds is 0. The Morgan fingerprint density at radius 2 is 0.613 bits per heavy atom. The minimum Gasteiger partial charge on any atom is -0.352 e. The predicted molar refractivity (Wildman–Crippen MR) is 140 cm³/mol. The van der Waals surface area contributed by atoms with Gasteiger partial charge in [-0.3, -0.25) is 0 Å². The first-order valence-electron chi connectivity index (χ1n) is 11.1. The lowest BCUT2D eigenvalue weighted by molar-refractivity contribution is 0.513. The van der Waals surface area contributed by atoms with Gasteiger partial charge in [0.2, 0.25) is 0 Å². The van der Waals surface area contributed by atoms with Crippen molar-refractivity contribution in [2.45, 2.75) is 105 Å². The molecule has 0 aromatic heterocycles. The highest BCUT2D eigenvalue weighted by atomic mass is 31.1. The Morgan fingerprint density at radius 1 is 0.452 bits per heavy atom. The van der Waals surface area contributed by atoms with E-state index < -0.39 is 9.03 Å². The quantitative estimate of drug-likeness (QED) is 0.402. The first-order valence-corrected chi connectivity index (χ1v) is 12.0. The average molecular weight is 447 g/mol. The summed E-state index contributed by atoms with van der Waals surface area (Å²) >= 11 is 0. The highest BCUT2D eigenvalue weighted by Crippen LogP contribution is 2.29. The molecule has 31 heavy (non-hydrogen) atoms. The maximum absolute atomic E-state index is 7.15. The highest BCUT2D eigenvalue weighted by Gasteiger charge is 2.19. The molecule has 2 aromatic rings. The summed E-state index contributed by atoms with van der Waals surface area (Å²) in [5, 5.41) is 0. The molecule has 176 valence electrons. The normalized spacial score (nSPS) is 12.3. The van der Waals surface area contributed by atoms with Crippen LogP contribution >= 0.6 is 9.03 Å². The Morgan fingerprint density at radius 3 is 0.742 bits per heavy atom. The summed E-state index contributed by atoms with van der Waals surface area (Å²) in [6.45, 7) is 27.1. The molecule has 2 N–H and O–H groups in total. The molecule has 0 aliphatic heterocycles. The highest BCUT2D eigenvalue weighted by molar-refractivity contribution is 7.23. The van der Waals surface area contributed by atoms with E-state index in [2.05, 4.69) is 132 Å². The minimum absolute atomic E-state index is 0.251. The fourth-order valence-electron chi connectivity index (χ4n) is 2.90. The first-order chi connectivity index (χ1) is 13.8. The van der Waals surface area contributed by atoms with Crippen LogP contribution in [0.2, 0.25) is 0 Å². The van der Waals surface area contributed by atoms with Gasteiger partial charge in [0.05, 0.1) is 0 Å². The lowest BCUT2D eigenvalue weighted by atomic mass is 9.81. The second-order valence-corrected chi connectivity index (χ2v) is 12.5. The van der Waals surface area contributed by atoms with Gasteiger partial charge < -0.3 is 9.79 Å². The first kappa shape index (κ1) is 29.8. The Kier molecular flexibility index (Phi) is 11.1. The molecule has 0 aliphatic carbocycles. The van der Waals surface area contributed by atoms with E-state index in [1.165, 1.54) is 22.3 Å². The summed E-state index contributed by atoms with van der Waals surface area (Å²) in [5.74, 6) is 0. The van der Waals surface area contributed by atoms with Gasteiger partial charge in [-0.25, -0.2) is 0 Å². The molecule has 0 bridgehead atoms. The van der Waals surface area contributed by atoms with Crippen LogP contribution in [0.4, 0.5) is 0 Å². The van der Waals surface area contributed by atoms with Gasteiger partial charge in [-0.05, 0) is 43.9 Å². The van der Waals surface area contributed by atoms with Crippen molar-refractivity contribution in [3.8, 4) is 0 Å². The maximum Gasteiger partial charge on any atom is 0.149 e. The second-order valence-electron chi connectivity index (χ2n) is 12.3. The Labute approximate surface area is 194 Å². The lowest BCUT2D eigenvalue weighted by Gasteiger charge is -2.24. The van der Waals surface area contributed by atoms with E-state index in [1.807, 2.05) is 0 Å². The van der Waals surface area contributed by atoms with Gasteiger partial charge in [0.1, 0.15) is 9.03 Å². The van der Waals surface area contributed by atoms with E-state index >= 15 is 0 Å². The molecule has 2 rings (SSSR count). The molecule has 0 heterocycles. The average Bonchev–Trinajstić information content (AvgIpc) is 2.60. The third-order valence-corrected chi connectivity index (χ3v) is 5.19. The summed E-state index contributed by atoms with van der Waals surface area (Å²) < 4.78 is 0. The minimum atomic E-state index is -0.917. The van der Waals surface area contributed by atoms with Crippen LogP contribution in [0.25, 0.3) is 0 Å². The SMILES string of the molecule is CC(C)(C)c1cccc(C(C)(C)C)c1.CC(C)(C)c1cccc(C(C)(C)C)c1.OPO. The van der Waals surface area contributed by atoms with Crippen molar-refractivity contribution in [3.63, 3.8) is 0 Å². The summed E-state index contributed by atoms with van der Waals surface area (Å²) in [7, 11) is -0.917. The van der Waals surface area contributed by atoms with Gasteiger partial charge in [-0.15, -0.1) is 0 Å². The Hall–Kier alpha value is -1.21. The van der Waals surface area contributed by atoms with Gasteiger partial charge in [0.25, 0.3) is 0 Å². The second kappa shape index (κ2) is 11.6. The summed E-state index contributed by atoms with van der Waals surface area (Å²) in [6, 6.07) is 17.9. The molecule has 0 unspecified atom stereocenters. The van der Waals surface area contributed by atoms with Crippen LogP contribution in [0.3, 0.4) is 0 Å². The van der Waals surface area contributed by atoms with Gasteiger partial charge in [-0.2, -0.15) is 0 Å². The largest absolute Gasteiger partial charge is 0.352 e. The summed E-state index contributed by atoms with van der Waals surface area (Å²) in [6.07, 6.45) is 0. The maximum atomic E-state index is 7.15. The van der Waals surface area contributed by atoms with Crippen molar-refractivity contribution >= 4 is 9.03 Å². The Bertz CT molecular complexity index is 656. The molecule has 0 saturated carbocycles. The van der Waals surface area contributed by atoms with Crippen LogP contribution in [0.5, 0.6) is 0 Å². The zero-order valence-electron chi connectivity index (χ0n) is 22.0. The fourth-order valence-corrected chi connectivity index (χ4v) is 2.90. The molecular weight excluding hydrogens is 399 g/mol. The molecule has 0 aliphatic rings.